The summed E-state index contributed by atoms with van der Waals surface area (Å²) in [5.41, 5.74) is 0.0606. The average Bonchev–Trinajstić information content (AvgIpc) is 2.09. The van der Waals surface area contributed by atoms with Crippen LogP contribution in [0.2, 0.25) is 0 Å². The van der Waals surface area contributed by atoms with Crippen LogP contribution in [0.5, 0.6) is 0 Å². The lowest BCUT2D eigenvalue weighted by atomic mass is 9.96. The van der Waals surface area contributed by atoms with Crippen molar-refractivity contribution in [1.29, 1.82) is 0 Å². The first-order valence-corrected chi connectivity index (χ1v) is 4.50. The largest absolute Gasteiger partial charge is 0.456 e. The van der Waals surface area contributed by atoms with Gasteiger partial charge in [-0.1, -0.05) is 5.57 Å². The van der Waals surface area contributed by atoms with E-state index in [-0.39, 0.29) is 5.97 Å². The zero-order chi connectivity index (χ0) is 10.1. The van der Waals surface area contributed by atoms with E-state index in [4.69, 9.17) is 4.74 Å². The fourth-order valence-corrected chi connectivity index (χ4v) is 1.36. The zero-order valence-electron chi connectivity index (χ0n) is 8.33. The number of carbonyl (C=O) groups excluding carboxylic acids is 1. The quantitative estimate of drug-likeness (QED) is 0.627. The van der Waals surface area contributed by atoms with Gasteiger partial charge in [-0.3, -0.25) is 0 Å². The van der Waals surface area contributed by atoms with Crippen molar-refractivity contribution in [3.63, 3.8) is 0 Å². The van der Waals surface area contributed by atoms with Crippen LogP contribution in [0.1, 0.15) is 33.6 Å². The van der Waals surface area contributed by atoms with Crippen LogP contribution in [0.25, 0.3) is 0 Å². The van der Waals surface area contributed by atoms with E-state index in [1.165, 1.54) is 6.08 Å². The molecule has 0 aromatic rings. The molecule has 0 amide bonds. The van der Waals surface area contributed by atoms with E-state index in [0.717, 1.165) is 12.0 Å². The van der Waals surface area contributed by atoms with Crippen LogP contribution in [0, 0.1) is 0 Å². The predicted octanol–water partition coefficient (Wildman–Crippen LogP) is 1.41. The number of allylic oxidation sites excluding steroid dienone is 1. The summed E-state index contributed by atoms with van der Waals surface area (Å²) >= 11 is 0. The lowest BCUT2D eigenvalue weighted by Gasteiger charge is -2.27. The fraction of sp³-hybridized carbons (Fsp3) is 0.700. The van der Waals surface area contributed by atoms with Crippen molar-refractivity contribution in [2.75, 3.05) is 0 Å². The zero-order valence-corrected chi connectivity index (χ0v) is 8.33. The monoisotopic (exact) mass is 184 g/mol. The molecule has 1 rings (SSSR count). The molecule has 1 atom stereocenters. The Kier molecular flexibility index (Phi) is 2.76. The first-order chi connectivity index (χ1) is 5.89. The van der Waals surface area contributed by atoms with Gasteiger partial charge in [-0.05, 0) is 33.6 Å². The van der Waals surface area contributed by atoms with Crippen LogP contribution in [-0.2, 0) is 9.53 Å². The second kappa shape index (κ2) is 3.50. The summed E-state index contributed by atoms with van der Waals surface area (Å²) in [6, 6.07) is 0. The Morgan fingerprint density at radius 2 is 2.23 bits per heavy atom. The molecule has 1 heterocycles. The Balaban J connectivity index is 2.71. The number of carbonyl (C=O) groups is 1. The molecule has 13 heavy (non-hydrogen) atoms. The molecule has 0 saturated carbocycles. The summed E-state index contributed by atoms with van der Waals surface area (Å²) in [6.45, 7) is 5.21. The molecule has 1 aliphatic rings. The van der Waals surface area contributed by atoms with Crippen LogP contribution in [0.15, 0.2) is 11.6 Å². The standard InChI is InChI=1S/C10H16O3/c1-7-4-5-8(10(2,3)12)13-9(11)6-7/h6,8,12H,4-5H2,1-3H3/t8-/m1/s1. The molecule has 0 aromatic heterocycles. The van der Waals surface area contributed by atoms with E-state index in [9.17, 15) is 9.90 Å². The minimum Gasteiger partial charge on any atom is -0.456 e. The molecule has 0 aromatic carbocycles. The highest BCUT2D eigenvalue weighted by Crippen LogP contribution is 2.23. The first-order valence-electron chi connectivity index (χ1n) is 4.50. The molecule has 0 saturated heterocycles. The Bertz CT molecular complexity index is 235. The summed E-state index contributed by atoms with van der Waals surface area (Å²) in [7, 11) is 0. The van der Waals surface area contributed by atoms with Crippen LogP contribution in [0.4, 0.5) is 0 Å². The van der Waals surface area contributed by atoms with Gasteiger partial charge in [-0.25, -0.2) is 4.79 Å². The smallest absolute Gasteiger partial charge is 0.331 e. The molecule has 0 spiro atoms. The van der Waals surface area contributed by atoms with Gasteiger partial charge in [0.15, 0.2) is 0 Å². The Morgan fingerprint density at radius 1 is 1.62 bits per heavy atom. The summed E-state index contributed by atoms with van der Waals surface area (Å²) in [5.74, 6) is -0.345. The topological polar surface area (TPSA) is 46.5 Å². The molecule has 3 heteroatoms. The van der Waals surface area contributed by atoms with Gasteiger partial charge in [0.25, 0.3) is 0 Å². The van der Waals surface area contributed by atoms with Crippen molar-refractivity contribution >= 4 is 5.97 Å². The molecule has 1 aliphatic heterocycles. The van der Waals surface area contributed by atoms with Gasteiger partial charge in [0.1, 0.15) is 6.10 Å². The Morgan fingerprint density at radius 3 is 2.77 bits per heavy atom. The van der Waals surface area contributed by atoms with Crippen molar-refractivity contribution < 1.29 is 14.6 Å². The number of hydrogen-bond acceptors (Lipinski definition) is 3. The fourth-order valence-electron chi connectivity index (χ4n) is 1.36. The van der Waals surface area contributed by atoms with Crippen molar-refractivity contribution in [2.24, 2.45) is 0 Å². The van der Waals surface area contributed by atoms with Gasteiger partial charge in [-0.15, -0.1) is 0 Å². The maximum Gasteiger partial charge on any atom is 0.331 e. The van der Waals surface area contributed by atoms with Gasteiger partial charge in [-0.2, -0.15) is 0 Å². The number of rotatable bonds is 1. The second-order valence-electron chi connectivity index (χ2n) is 4.11. The molecule has 0 aliphatic carbocycles. The minimum absolute atomic E-state index is 0.345. The maximum absolute atomic E-state index is 11.1. The van der Waals surface area contributed by atoms with E-state index < -0.39 is 11.7 Å². The van der Waals surface area contributed by atoms with Crippen molar-refractivity contribution in [3.05, 3.63) is 11.6 Å². The number of esters is 1. The molecule has 1 N–H and O–H groups in total. The maximum atomic E-state index is 11.1. The Hall–Kier alpha value is -0.830. The van der Waals surface area contributed by atoms with E-state index in [0.29, 0.717) is 6.42 Å². The summed E-state index contributed by atoms with van der Waals surface area (Å²) < 4.78 is 5.08. The number of hydrogen-bond donors (Lipinski definition) is 1. The third-order valence-electron chi connectivity index (χ3n) is 2.21. The molecule has 0 bridgehead atoms. The molecule has 74 valence electrons. The van der Waals surface area contributed by atoms with Gasteiger partial charge in [0.2, 0.25) is 0 Å². The lowest BCUT2D eigenvalue weighted by molar-refractivity contribution is -0.155. The molecular weight excluding hydrogens is 168 g/mol. The van der Waals surface area contributed by atoms with Crippen LogP contribution in [0.3, 0.4) is 0 Å². The lowest BCUT2D eigenvalue weighted by Crippen LogP contribution is -2.38. The highest BCUT2D eigenvalue weighted by molar-refractivity contribution is 5.83. The SMILES string of the molecule is CC1=CC(=O)O[C@@H](C(C)(C)O)CC1. The van der Waals surface area contributed by atoms with Gasteiger partial charge >= 0.3 is 5.97 Å². The minimum atomic E-state index is -0.950. The third kappa shape index (κ3) is 2.84. The van der Waals surface area contributed by atoms with Crippen LogP contribution < -0.4 is 0 Å². The second-order valence-corrected chi connectivity index (χ2v) is 4.11. The van der Waals surface area contributed by atoms with Crippen molar-refractivity contribution in [3.8, 4) is 0 Å². The van der Waals surface area contributed by atoms with E-state index >= 15 is 0 Å². The molecule has 3 nitrogen and oxygen atoms in total. The van der Waals surface area contributed by atoms with E-state index in [2.05, 4.69) is 0 Å². The van der Waals surface area contributed by atoms with Crippen molar-refractivity contribution in [2.45, 2.75) is 45.3 Å². The van der Waals surface area contributed by atoms with Crippen LogP contribution in [-0.4, -0.2) is 22.8 Å². The Labute approximate surface area is 78.4 Å². The first kappa shape index (κ1) is 10.3. The van der Waals surface area contributed by atoms with E-state index in [1.54, 1.807) is 13.8 Å². The number of aliphatic hydroxyl groups is 1. The highest BCUT2D eigenvalue weighted by atomic mass is 16.6. The summed E-state index contributed by atoms with van der Waals surface area (Å²) in [4.78, 5) is 11.1. The molecule has 0 radical (unpaired) electrons. The predicted molar refractivity (Wildman–Crippen MR) is 49.2 cm³/mol. The van der Waals surface area contributed by atoms with Crippen LogP contribution >= 0.6 is 0 Å². The third-order valence-corrected chi connectivity index (χ3v) is 2.21. The normalized spacial score (nSPS) is 24.8. The molecule has 0 unspecified atom stereocenters. The van der Waals surface area contributed by atoms with E-state index in [1.807, 2.05) is 6.92 Å². The van der Waals surface area contributed by atoms with Gasteiger partial charge in [0, 0.05) is 6.08 Å². The van der Waals surface area contributed by atoms with Crippen molar-refractivity contribution in [1.82, 2.24) is 0 Å². The van der Waals surface area contributed by atoms with Gasteiger partial charge < -0.3 is 9.84 Å². The average molecular weight is 184 g/mol. The summed E-state index contributed by atoms with van der Waals surface area (Å²) in [6.07, 6.45) is 2.60. The molecular formula is C10H16O3. The number of ether oxygens (including phenoxy) is 1. The molecule has 0 fully saturated rings. The van der Waals surface area contributed by atoms with Gasteiger partial charge in [0.05, 0.1) is 5.60 Å². The summed E-state index contributed by atoms with van der Waals surface area (Å²) in [5, 5.41) is 9.67. The number of cyclic esters (lactones) is 1. The highest BCUT2D eigenvalue weighted by Gasteiger charge is 2.31.